The minimum absolute atomic E-state index is 0.0254. The molecule has 0 aliphatic carbocycles. The van der Waals surface area contributed by atoms with E-state index in [0.717, 1.165) is 44.7 Å². The second-order valence-electron chi connectivity index (χ2n) is 18.7. The summed E-state index contributed by atoms with van der Waals surface area (Å²) in [4.78, 5) is 23.9. The Hall–Kier alpha value is -4.03. The minimum Gasteiger partial charge on any atom is -0.489 e. The van der Waals surface area contributed by atoms with Crippen LogP contribution in [0.25, 0.3) is 0 Å². The molecule has 3 aromatic rings. The van der Waals surface area contributed by atoms with Crippen molar-refractivity contribution in [1.82, 2.24) is 0 Å². The molecular formula is C46H65O8P. The highest BCUT2D eigenvalue weighted by Crippen LogP contribution is 2.53. The maximum Gasteiger partial charge on any atom is 0.530 e. The normalized spacial score (nSPS) is 12.8. The Labute approximate surface area is 332 Å². The summed E-state index contributed by atoms with van der Waals surface area (Å²) in [6.07, 6.45) is 0. The van der Waals surface area contributed by atoms with Crippen LogP contribution in [0, 0.1) is 13.8 Å². The molecule has 0 bridgehead atoms. The molecule has 0 amide bonds. The number of benzene rings is 3. The van der Waals surface area contributed by atoms with Gasteiger partial charge < -0.3 is 27.8 Å². The zero-order valence-electron chi connectivity index (χ0n) is 36.5. The van der Waals surface area contributed by atoms with E-state index in [4.69, 9.17) is 27.8 Å². The predicted molar refractivity (Wildman–Crippen MR) is 225 cm³/mol. The Morgan fingerprint density at radius 1 is 0.473 bits per heavy atom. The van der Waals surface area contributed by atoms with Crippen molar-refractivity contribution >= 4 is 20.2 Å². The van der Waals surface area contributed by atoms with Crippen molar-refractivity contribution < 1.29 is 37.4 Å². The summed E-state index contributed by atoms with van der Waals surface area (Å²) < 4.78 is 39.1. The molecule has 8 nitrogen and oxygen atoms in total. The number of rotatable bonds is 15. The van der Waals surface area contributed by atoms with E-state index in [-0.39, 0.29) is 41.0 Å². The number of Topliss-reactive ketones (excluding diaryl/α,β-unsaturated/α-hetero) is 2. The fourth-order valence-corrected chi connectivity index (χ4v) is 7.82. The van der Waals surface area contributed by atoms with Gasteiger partial charge in [-0.2, -0.15) is 0 Å². The highest BCUT2D eigenvalue weighted by atomic mass is 31.2. The SMILES string of the molecule is C=C(C)COc1ccc(OP(Oc2ccc(OCC(C)=O)c(C)c2C(C)(C)C)Oc2ccc(OCC(C)=O)c(C(C)(C)C)c2C(C)(C)C)c(C(C)(C)C)c1C. The molecule has 3 aromatic carbocycles. The molecule has 0 heterocycles. The van der Waals surface area contributed by atoms with Crippen LogP contribution in [-0.2, 0) is 31.2 Å². The Kier molecular flexibility index (Phi) is 14.4. The molecule has 0 aliphatic rings. The molecule has 0 saturated carbocycles. The van der Waals surface area contributed by atoms with Crippen LogP contribution < -0.4 is 27.8 Å². The predicted octanol–water partition coefficient (Wildman–Crippen LogP) is 12.1. The lowest BCUT2D eigenvalue weighted by atomic mass is 9.74. The van der Waals surface area contributed by atoms with Crippen molar-refractivity contribution in [3.05, 3.63) is 81.9 Å². The molecular weight excluding hydrogens is 711 g/mol. The van der Waals surface area contributed by atoms with Crippen molar-refractivity contribution in [2.45, 2.75) is 139 Å². The summed E-state index contributed by atoms with van der Waals surface area (Å²) in [5.74, 6) is 3.65. The minimum atomic E-state index is -2.18. The molecule has 9 heteroatoms. The van der Waals surface area contributed by atoms with Crippen molar-refractivity contribution in [3.8, 4) is 34.5 Å². The lowest BCUT2D eigenvalue weighted by Gasteiger charge is -2.34. The van der Waals surface area contributed by atoms with Crippen LogP contribution in [0.15, 0.2) is 48.6 Å². The monoisotopic (exact) mass is 776 g/mol. The molecule has 3 rings (SSSR count). The van der Waals surface area contributed by atoms with Crippen LogP contribution in [0.2, 0.25) is 0 Å². The van der Waals surface area contributed by atoms with E-state index in [1.807, 2.05) is 57.2 Å². The fraction of sp³-hybridized carbons (Fsp3) is 0.522. The summed E-state index contributed by atoms with van der Waals surface area (Å²) in [6.45, 7) is 38.9. The number of carbonyl (C=O) groups excluding carboxylic acids is 2. The molecule has 302 valence electrons. The molecule has 0 radical (unpaired) electrons. The number of ketones is 2. The average molecular weight is 777 g/mol. The van der Waals surface area contributed by atoms with Gasteiger partial charge in [-0.05, 0) is 109 Å². The highest BCUT2D eigenvalue weighted by Gasteiger charge is 2.36. The Bertz CT molecular complexity index is 1790. The third kappa shape index (κ3) is 12.0. The summed E-state index contributed by atoms with van der Waals surface area (Å²) in [5, 5.41) is 0. The third-order valence-electron chi connectivity index (χ3n) is 8.74. The topological polar surface area (TPSA) is 89.5 Å². The van der Waals surface area contributed by atoms with Gasteiger partial charge in [-0.25, -0.2) is 0 Å². The van der Waals surface area contributed by atoms with Crippen molar-refractivity contribution in [1.29, 1.82) is 0 Å². The van der Waals surface area contributed by atoms with Gasteiger partial charge in [-0.1, -0.05) is 89.7 Å². The third-order valence-corrected chi connectivity index (χ3v) is 9.77. The van der Waals surface area contributed by atoms with Crippen LogP contribution in [0.5, 0.6) is 34.5 Å². The summed E-state index contributed by atoms with van der Waals surface area (Å²) in [7, 11) is -2.18. The second-order valence-corrected chi connectivity index (χ2v) is 19.7. The Morgan fingerprint density at radius 3 is 1.07 bits per heavy atom. The van der Waals surface area contributed by atoms with Gasteiger partial charge >= 0.3 is 8.60 Å². The first kappa shape index (κ1) is 45.4. The van der Waals surface area contributed by atoms with Crippen LogP contribution in [0.1, 0.15) is 137 Å². The van der Waals surface area contributed by atoms with Gasteiger partial charge in [0.15, 0.2) is 11.6 Å². The van der Waals surface area contributed by atoms with E-state index in [1.54, 1.807) is 0 Å². The molecule has 1 atom stereocenters. The summed E-state index contributed by atoms with van der Waals surface area (Å²) in [5.41, 5.74) is 4.98. The molecule has 0 aliphatic heterocycles. The van der Waals surface area contributed by atoms with E-state index < -0.39 is 14.0 Å². The van der Waals surface area contributed by atoms with E-state index in [9.17, 15) is 9.59 Å². The van der Waals surface area contributed by atoms with Crippen molar-refractivity contribution in [3.63, 3.8) is 0 Å². The number of carbonyl (C=O) groups is 2. The van der Waals surface area contributed by atoms with Crippen LogP contribution >= 0.6 is 8.60 Å². The van der Waals surface area contributed by atoms with Gasteiger partial charge in [-0.3, -0.25) is 9.59 Å². The van der Waals surface area contributed by atoms with Gasteiger partial charge in [0.2, 0.25) is 0 Å². The van der Waals surface area contributed by atoms with Crippen LogP contribution in [0.3, 0.4) is 0 Å². The second kappa shape index (κ2) is 17.4. The van der Waals surface area contributed by atoms with Gasteiger partial charge in [0, 0.05) is 22.3 Å². The van der Waals surface area contributed by atoms with E-state index in [2.05, 4.69) is 89.7 Å². The number of hydrogen-bond acceptors (Lipinski definition) is 8. The van der Waals surface area contributed by atoms with Crippen molar-refractivity contribution in [2.75, 3.05) is 19.8 Å². The van der Waals surface area contributed by atoms with Crippen LogP contribution in [-0.4, -0.2) is 31.4 Å². The summed E-state index contributed by atoms with van der Waals surface area (Å²) in [6, 6.07) is 11.3. The smallest absolute Gasteiger partial charge is 0.489 e. The van der Waals surface area contributed by atoms with Gasteiger partial charge in [0.05, 0.1) is 0 Å². The number of ether oxygens (including phenoxy) is 3. The highest BCUT2D eigenvalue weighted by molar-refractivity contribution is 7.43. The lowest BCUT2D eigenvalue weighted by Crippen LogP contribution is -2.25. The Balaban J connectivity index is 2.35. The molecule has 1 unspecified atom stereocenters. The molecule has 0 saturated heterocycles. The zero-order chi connectivity index (χ0) is 41.8. The van der Waals surface area contributed by atoms with Gasteiger partial charge in [-0.15, -0.1) is 0 Å². The Morgan fingerprint density at radius 2 is 0.745 bits per heavy atom. The van der Waals surface area contributed by atoms with E-state index in [1.165, 1.54) is 13.8 Å². The maximum absolute atomic E-state index is 12.0. The van der Waals surface area contributed by atoms with Crippen LogP contribution in [0.4, 0.5) is 0 Å². The van der Waals surface area contributed by atoms with Crippen molar-refractivity contribution in [2.24, 2.45) is 0 Å². The van der Waals surface area contributed by atoms with E-state index >= 15 is 0 Å². The maximum atomic E-state index is 12.0. The lowest BCUT2D eigenvalue weighted by molar-refractivity contribution is -0.119. The standard InChI is InChI=1S/C46H65O8P/c1-28(2)25-49-33-19-22-36(39(31(33)5)43(7,8)9)52-55(53-37-23-20-34(50-26-29(3)47)32(6)40(37)44(10,11)12)54-38-24-21-35(51-27-30(4)48)41(45(13,14)15)42(38)46(16,17)18/h19-24H,1,25-27H2,2-18H3. The molecule has 0 aromatic heterocycles. The first-order valence-electron chi connectivity index (χ1n) is 18.9. The largest absolute Gasteiger partial charge is 0.530 e. The first-order chi connectivity index (χ1) is 25.1. The van der Waals surface area contributed by atoms with E-state index in [0.29, 0.717) is 35.4 Å². The first-order valence-corrected chi connectivity index (χ1v) is 20.0. The molecule has 0 N–H and O–H groups in total. The van der Waals surface area contributed by atoms with Gasteiger partial charge in [0.25, 0.3) is 0 Å². The quantitative estimate of drug-likeness (QED) is 0.111. The average Bonchev–Trinajstić information content (AvgIpc) is 3.00. The zero-order valence-corrected chi connectivity index (χ0v) is 37.4. The fourth-order valence-electron chi connectivity index (χ4n) is 6.77. The molecule has 0 fully saturated rings. The van der Waals surface area contributed by atoms with Gasteiger partial charge in [0.1, 0.15) is 54.3 Å². The molecule has 0 spiro atoms. The molecule has 55 heavy (non-hydrogen) atoms. The summed E-state index contributed by atoms with van der Waals surface area (Å²) >= 11 is 0. The number of hydrogen-bond donors (Lipinski definition) is 0.